The number of carbonyl (C=O) groups excluding carboxylic acids is 1. The minimum absolute atomic E-state index is 0.150. The highest BCUT2D eigenvalue weighted by molar-refractivity contribution is 6.09. The number of hydrogen-bond donors (Lipinski definition) is 3. The van der Waals surface area contributed by atoms with Gasteiger partial charge in [0, 0.05) is 22.5 Å². The van der Waals surface area contributed by atoms with E-state index in [1.807, 2.05) is 0 Å². The second kappa shape index (κ2) is 5.13. The minimum atomic E-state index is -0.413. The number of aromatic amines is 1. The van der Waals surface area contributed by atoms with Crippen LogP contribution in [0.25, 0.3) is 10.8 Å². The summed E-state index contributed by atoms with van der Waals surface area (Å²) in [6.07, 6.45) is 0. The summed E-state index contributed by atoms with van der Waals surface area (Å²) in [5.41, 5.74) is 0.413. The van der Waals surface area contributed by atoms with Crippen LogP contribution in [-0.4, -0.2) is 16.0 Å². The summed E-state index contributed by atoms with van der Waals surface area (Å²) in [4.78, 5) is 25.9. The molecule has 104 valence electrons. The third kappa shape index (κ3) is 2.49. The second-order valence-corrected chi connectivity index (χ2v) is 4.56. The number of rotatable bonds is 2. The van der Waals surface area contributed by atoms with E-state index in [0.717, 1.165) is 5.39 Å². The van der Waals surface area contributed by atoms with E-state index in [0.29, 0.717) is 11.1 Å². The number of anilines is 1. The fourth-order valence-electron chi connectivity index (χ4n) is 2.17. The second-order valence-electron chi connectivity index (χ2n) is 4.56. The number of aromatic nitrogens is 1. The molecular weight excluding hydrogens is 268 g/mol. The largest absolute Gasteiger partial charge is 0.507 e. The third-order valence-corrected chi connectivity index (χ3v) is 3.16. The lowest BCUT2D eigenvalue weighted by Crippen LogP contribution is -2.17. The highest BCUT2D eigenvalue weighted by atomic mass is 16.3. The van der Waals surface area contributed by atoms with Crippen LogP contribution in [0.1, 0.15) is 10.5 Å². The number of pyridine rings is 1. The summed E-state index contributed by atoms with van der Waals surface area (Å²) in [5, 5.41) is 13.9. The van der Waals surface area contributed by atoms with Crippen molar-refractivity contribution < 1.29 is 9.90 Å². The minimum Gasteiger partial charge on any atom is -0.507 e. The van der Waals surface area contributed by atoms with Crippen molar-refractivity contribution in [2.75, 3.05) is 5.32 Å². The average molecular weight is 280 g/mol. The maximum Gasteiger partial charge on any atom is 0.272 e. The van der Waals surface area contributed by atoms with Crippen molar-refractivity contribution in [3.05, 3.63) is 70.6 Å². The highest BCUT2D eigenvalue weighted by Crippen LogP contribution is 2.29. The number of carbonyl (C=O) groups is 1. The van der Waals surface area contributed by atoms with Crippen molar-refractivity contribution in [1.82, 2.24) is 4.98 Å². The van der Waals surface area contributed by atoms with E-state index in [9.17, 15) is 14.7 Å². The number of nitrogens with one attached hydrogen (secondary N) is 2. The molecule has 5 heteroatoms. The van der Waals surface area contributed by atoms with Gasteiger partial charge in [0.05, 0.1) is 0 Å². The van der Waals surface area contributed by atoms with Crippen LogP contribution in [0.4, 0.5) is 5.69 Å². The van der Waals surface area contributed by atoms with Crippen LogP contribution in [0.5, 0.6) is 5.75 Å². The maximum atomic E-state index is 12.2. The molecule has 0 radical (unpaired) electrons. The number of fused-ring (bicyclic) bond motifs is 1. The number of benzene rings is 2. The van der Waals surface area contributed by atoms with Crippen LogP contribution in [0.15, 0.2) is 59.4 Å². The summed E-state index contributed by atoms with van der Waals surface area (Å²) < 4.78 is 0. The predicted molar refractivity (Wildman–Crippen MR) is 80.6 cm³/mol. The van der Waals surface area contributed by atoms with Crippen molar-refractivity contribution in [2.45, 2.75) is 0 Å². The van der Waals surface area contributed by atoms with Crippen LogP contribution in [0, 0.1) is 0 Å². The van der Waals surface area contributed by atoms with Crippen LogP contribution in [0.2, 0.25) is 0 Å². The molecule has 3 aromatic rings. The molecule has 0 saturated heterocycles. The molecule has 0 atom stereocenters. The topological polar surface area (TPSA) is 82.2 Å². The van der Waals surface area contributed by atoms with E-state index in [1.165, 1.54) is 18.2 Å². The molecule has 0 unspecified atom stereocenters. The van der Waals surface area contributed by atoms with Crippen molar-refractivity contribution >= 4 is 22.4 Å². The molecule has 0 bridgehead atoms. The van der Waals surface area contributed by atoms with Gasteiger partial charge in [-0.25, -0.2) is 0 Å². The molecule has 0 aliphatic carbocycles. The van der Waals surface area contributed by atoms with Gasteiger partial charge in [0.1, 0.15) is 11.4 Å². The molecule has 3 N–H and O–H groups in total. The van der Waals surface area contributed by atoms with Crippen LogP contribution in [0.3, 0.4) is 0 Å². The molecule has 21 heavy (non-hydrogen) atoms. The van der Waals surface area contributed by atoms with Crippen molar-refractivity contribution in [3.8, 4) is 5.75 Å². The molecule has 1 amide bonds. The normalized spacial score (nSPS) is 10.5. The third-order valence-electron chi connectivity index (χ3n) is 3.16. The molecule has 0 aliphatic rings. The standard InChI is InChI=1S/C16H12N2O3/c19-14-8-2-4-10-11(14)5-1-6-12(10)18-16(21)13-7-3-9-15(20)17-13/h1-9,19H,(H,17,20)(H,18,21). The first-order valence-electron chi connectivity index (χ1n) is 6.36. The van der Waals surface area contributed by atoms with Crippen molar-refractivity contribution in [1.29, 1.82) is 0 Å². The Hall–Kier alpha value is -3.08. The van der Waals surface area contributed by atoms with E-state index in [-0.39, 0.29) is 17.0 Å². The Morgan fingerprint density at radius 1 is 0.952 bits per heavy atom. The monoisotopic (exact) mass is 280 g/mol. The van der Waals surface area contributed by atoms with Gasteiger partial charge >= 0.3 is 0 Å². The zero-order valence-corrected chi connectivity index (χ0v) is 11.0. The Morgan fingerprint density at radius 3 is 2.48 bits per heavy atom. The lowest BCUT2D eigenvalue weighted by atomic mass is 10.1. The molecule has 0 aliphatic heterocycles. The SMILES string of the molecule is O=C(Nc1cccc2c(O)cccc12)c1cccc(=O)[nH]1. The van der Waals surface area contributed by atoms with E-state index < -0.39 is 5.91 Å². The Morgan fingerprint density at radius 2 is 1.67 bits per heavy atom. The number of H-pyrrole nitrogens is 1. The van der Waals surface area contributed by atoms with Crippen LogP contribution < -0.4 is 10.9 Å². The first kappa shape index (κ1) is 12.9. The molecule has 1 aromatic heterocycles. The molecule has 2 aromatic carbocycles. The number of aromatic hydroxyl groups is 1. The zero-order valence-electron chi connectivity index (χ0n) is 11.0. The average Bonchev–Trinajstić information content (AvgIpc) is 2.48. The first-order valence-corrected chi connectivity index (χ1v) is 6.36. The van der Waals surface area contributed by atoms with E-state index >= 15 is 0 Å². The van der Waals surface area contributed by atoms with Crippen molar-refractivity contribution in [3.63, 3.8) is 0 Å². The summed E-state index contributed by atoms with van der Waals surface area (Å²) in [6.45, 7) is 0. The maximum absolute atomic E-state index is 12.2. The van der Waals surface area contributed by atoms with Crippen molar-refractivity contribution in [2.24, 2.45) is 0 Å². The number of hydrogen-bond acceptors (Lipinski definition) is 3. The first-order chi connectivity index (χ1) is 10.1. The fourth-order valence-corrected chi connectivity index (χ4v) is 2.17. The van der Waals surface area contributed by atoms with E-state index in [1.54, 1.807) is 36.4 Å². The van der Waals surface area contributed by atoms with Gasteiger partial charge in [0.15, 0.2) is 0 Å². The van der Waals surface area contributed by atoms with Gasteiger partial charge < -0.3 is 15.4 Å². The fraction of sp³-hybridized carbons (Fsp3) is 0. The van der Waals surface area contributed by atoms with E-state index in [4.69, 9.17) is 0 Å². The molecular formula is C16H12N2O3. The lowest BCUT2D eigenvalue weighted by Gasteiger charge is -2.09. The van der Waals surface area contributed by atoms with Gasteiger partial charge in [-0.2, -0.15) is 0 Å². The summed E-state index contributed by atoms with van der Waals surface area (Å²) >= 11 is 0. The Bertz CT molecular complexity index is 884. The molecule has 1 heterocycles. The Kier molecular flexibility index (Phi) is 3.16. The predicted octanol–water partition coefficient (Wildman–Crippen LogP) is 2.49. The smallest absolute Gasteiger partial charge is 0.272 e. The summed E-state index contributed by atoms with van der Waals surface area (Å²) in [7, 11) is 0. The number of phenols is 1. The number of amides is 1. The van der Waals surface area contributed by atoms with Crippen LogP contribution >= 0.6 is 0 Å². The molecule has 0 fully saturated rings. The van der Waals surface area contributed by atoms with E-state index in [2.05, 4.69) is 10.3 Å². The zero-order chi connectivity index (χ0) is 14.8. The summed E-state index contributed by atoms with van der Waals surface area (Å²) in [6, 6.07) is 14.7. The Labute approximate surface area is 119 Å². The molecule has 0 spiro atoms. The van der Waals surface area contributed by atoms with Crippen LogP contribution in [-0.2, 0) is 0 Å². The molecule has 0 saturated carbocycles. The van der Waals surface area contributed by atoms with Gasteiger partial charge in [-0.3, -0.25) is 9.59 Å². The van der Waals surface area contributed by atoms with Gasteiger partial charge in [-0.15, -0.1) is 0 Å². The van der Waals surface area contributed by atoms with Gasteiger partial charge in [-0.1, -0.05) is 30.3 Å². The molecule has 5 nitrogen and oxygen atoms in total. The summed E-state index contributed by atoms with van der Waals surface area (Å²) in [5.74, 6) is -0.264. The van der Waals surface area contributed by atoms with Gasteiger partial charge in [-0.05, 0) is 18.2 Å². The molecule has 3 rings (SSSR count). The van der Waals surface area contributed by atoms with Gasteiger partial charge in [0.25, 0.3) is 5.91 Å². The Balaban J connectivity index is 2.01. The highest BCUT2D eigenvalue weighted by Gasteiger charge is 2.10. The van der Waals surface area contributed by atoms with Gasteiger partial charge in [0.2, 0.25) is 5.56 Å². The quantitative estimate of drug-likeness (QED) is 0.674. The number of phenolic OH excluding ortho intramolecular Hbond substituents is 1. The lowest BCUT2D eigenvalue weighted by molar-refractivity contribution is 0.102.